The molecule has 1 heterocycles. The fourth-order valence-electron chi connectivity index (χ4n) is 2.60. The van der Waals surface area contributed by atoms with Gasteiger partial charge in [0.25, 0.3) is 11.6 Å². The number of carbonyl (C=O) groups is 2. The number of nitro groups is 1. The van der Waals surface area contributed by atoms with Crippen molar-refractivity contribution in [1.82, 2.24) is 20.5 Å². The molecule has 3 N–H and O–H groups in total. The number of amides is 2. The molecule has 0 aliphatic carbocycles. The zero-order chi connectivity index (χ0) is 23.1. The highest BCUT2D eigenvalue weighted by Gasteiger charge is 2.13. The Kier molecular flexibility index (Phi) is 7.39. The van der Waals surface area contributed by atoms with Gasteiger partial charge in [-0.15, -0.1) is 5.10 Å². The van der Waals surface area contributed by atoms with Crippen LogP contribution < -0.4 is 15.4 Å². The minimum atomic E-state index is -0.521. The molecule has 12 heteroatoms. The SMILES string of the molecule is COc1ccc(C(=O)NCc2nc(SCC(=O)Nc3cc([N+](=O)[O-])ccc3C)n[nH]2)cc1. The number of hydrogen-bond acceptors (Lipinski definition) is 8. The van der Waals surface area contributed by atoms with E-state index >= 15 is 0 Å². The van der Waals surface area contributed by atoms with Crippen LogP contribution in [0.2, 0.25) is 0 Å². The van der Waals surface area contributed by atoms with Crippen LogP contribution in [0, 0.1) is 17.0 Å². The minimum Gasteiger partial charge on any atom is -0.497 e. The molecule has 0 aliphatic heterocycles. The van der Waals surface area contributed by atoms with Crippen LogP contribution >= 0.6 is 11.8 Å². The van der Waals surface area contributed by atoms with Gasteiger partial charge in [0.05, 0.1) is 30.0 Å². The number of H-pyrrole nitrogens is 1. The van der Waals surface area contributed by atoms with Crippen molar-refractivity contribution in [2.75, 3.05) is 18.2 Å². The van der Waals surface area contributed by atoms with Gasteiger partial charge in [0.2, 0.25) is 11.1 Å². The summed E-state index contributed by atoms with van der Waals surface area (Å²) < 4.78 is 5.06. The molecule has 3 rings (SSSR count). The van der Waals surface area contributed by atoms with Crippen LogP contribution in [0.4, 0.5) is 11.4 Å². The van der Waals surface area contributed by atoms with E-state index in [2.05, 4.69) is 25.8 Å². The van der Waals surface area contributed by atoms with Gasteiger partial charge in [-0.1, -0.05) is 17.8 Å². The second kappa shape index (κ2) is 10.4. The average molecular weight is 456 g/mol. The third-order valence-corrected chi connectivity index (χ3v) is 5.17. The van der Waals surface area contributed by atoms with Crippen LogP contribution in [-0.2, 0) is 11.3 Å². The lowest BCUT2D eigenvalue weighted by Crippen LogP contribution is -2.23. The first-order chi connectivity index (χ1) is 15.4. The summed E-state index contributed by atoms with van der Waals surface area (Å²) in [7, 11) is 1.55. The Morgan fingerprint density at radius 2 is 1.97 bits per heavy atom. The predicted octanol–water partition coefficient (Wildman–Crippen LogP) is 2.69. The van der Waals surface area contributed by atoms with Gasteiger partial charge in [0.15, 0.2) is 0 Å². The molecule has 2 amide bonds. The molecule has 32 heavy (non-hydrogen) atoms. The molecule has 3 aromatic rings. The molecule has 11 nitrogen and oxygen atoms in total. The van der Waals surface area contributed by atoms with E-state index in [1.165, 1.54) is 12.1 Å². The van der Waals surface area contributed by atoms with Crippen molar-refractivity contribution in [3.8, 4) is 5.75 Å². The van der Waals surface area contributed by atoms with Gasteiger partial charge in [-0.25, -0.2) is 4.98 Å². The number of non-ortho nitro benzene ring substituents is 1. The molecule has 0 spiro atoms. The van der Waals surface area contributed by atoms with Gasteiger partial charge in [-0.2, -0.15) is 0 Å². The summed E-state index contributed by atoms with van der Waals surface area (Å²) >= 11 is 1.09. The van der Waals surface area contributed by atoms with Crippen molar-refractivity contribution >= 4 is 35.0 Å². The van der Waals surface area contributed by atoms with Crippen molar-refractivity contribution in [2.24, 2.45) is 0 Å². The first-order valence-electron chi connectivity index (χ1n) is 9.37. The third kappa shape index (κ3) is 6.04. The van der Waals surface area contributed by atoms with E-state index in [0.29, 0.717) is 33.5 Å². The molecule has 0 saturated carbocycles. The number of rotatable bonds is 9. The lowest BCUT2D eigenvalue weighted by atomic mass is 10.2. The molecular weight excluding hydrogens is 436 g/mol. The van der Waals surface area contributed by atoms with Crippen LogP contribution in [0.15, 0.2) is 47.6 Å². The Morgan fingerprint density at radius 3 is 2.66 bits per heavy atom. The predicted molar refractivity (Wildman–Crippen MR) is 118 cm³/mol. The van der Waals surface area contributed by atoms with E-state index in [9.17, 15) is 19.7 Å². The summed E-state index contributed by atoms with van der Waals surface area (Å²) in [5.41, 5.74) is 1.46. The summed E-state index contributed by atoms with van der Waals surface area (Å²) in [6.07, 6.45) is 0. The minimum absolute atomic E-state index is 0.0115. The van der Waals surface area contributed by atoms with Crippen molar-refractivity contribution in [3.63, 3.8) is 0 Å². The fraction of sp³-hybridized carbons (Fsp3) is 0.200. The number of benzene rings is 2. The number of nitro benzene ring substituents is 1. The van der Waals surface area contributed by atoms with Crippen LogP contribution in [0.25, 0.3) is 0 Å². The Balaban J connectivity index is 1.48. The summed E-state index contributed by atoms with van der Waals surface area (Å²) in [6, 6.07) is 10.9. The van der Waals surface area contributed by atoms with Crippen LogP contribution in [0.1, 0.15) is 21.7 Å². The lowest BCUT2D eigenvalue weighted by molar-refractivity contribution is -0.384. The highest BCUT2D eigenvalue weighted by molar-refractivity contribution is 7.99. The van der Waals surface area contributed by atoms with E-state index in [0.717, 1.165) is 11.8 Å². The zero-order valence-electron chi connectivity index (χ0n) is 17.2. The summed E-state index contributed by atoms with van der Waals surface area (Å²) in [4.78, 5) is 39.0. The number of anilines is 1. The van der Waals surface area contributed by atoms with Gasteiger partial charge in [-0.05, 0) is 36.8 Å². The van der Waals surface area contributed by atoms with Crippen LogP contribution in [-0.4, -0.2) is 44.8 Å². The maximum absolute atomic E-state index is 12.2. The van der Waals surface area contributed by atoms with Gasteiger partial charge in [0.1, 0.15) is 11.6 Å². The smallest absolute Gasteiger partial charge is 0.271 e. The van der Waals surface area contributed by atoms with E-state index in [4.69, 9.17) is 4.74 Å². The van der Waals surface area contributed by atoms with Crippen LogP contribution in [0.5, 0.6) is 5.75 Å². The fourth-order valence-corrected chi connectivity index (χ4v) is 3.22. The average Bonchev–Trinajstić information content (AvgIpc) is 3.25. The summed E-state index contributed by atoms with van der Waals surface area (Å²) in [5.74, 6) is 0.479. The molecule has 166 valence electrons. The highest BCUT2D eigenvalue weighted by Crippen LogP contribution is 2.22. The molecule has 0 radical (unpaired) electrons. The molecule has 0 saturated heterocycles. The first kappa shape index (κ1) is 22.7. The number of methoxy groups -OCH3 is 1. The molecule has 1 aromatic heterocycles. The number of aryl methyl sites for hydroxylation is 1. The molecule has 0 atom stereocenters. The van der Waals surface area contributed by atoms with Crippen LogP contribution in [0.3, 0.4) is 0 Å². The van der Waals surface area contributed by atoms with Crippen molar-refractivity contribution in [3.05, 3.63) is 69.5 Å². The largest absolute Gasteiger partial charge is 0.497 e. The van der Waals surface area contributed by atoms with Crippen molar-refractivity contribution in [1.29, 1.82) is 0 Å². The number of aromatic amines is 1. The molecule has 0 unspecified atom stereocenters. The topological polar surface area (TPSA) is 152 Å². The summed E-state index contributed by atoms with van der Waals surface area (Å²) in [5, 5.41) is 23.3. The number of carbonyl (C=O) groups excluding carboxylic acids is 2. The highest BCUT2D eigenvalue weighted by atomic mass is 32.2. The van der Waals surface area contributed by atoms with E-state index < -0.39 is 4.92 Å². The summed E-state index contributed by atoms with van der Waals surface area (Å²) in [6.45, 7) is 1.88. The van der Waals surface area contributed by atoms with Gasteiger partial charge >= 0.3 is 0 Å². The monoisotopic (exact) mass is 456 g/mol. The maximum atomic E-state index is 12.2. The first-order valence-corrected chi connectivity index (χ1v) is 10.4. The van der Waals surface area contributed by atoms with Gasteiger partial charge in [0, 0.05) is 17.7 Å². The zero-order valence-corrected chi connectivity index (χ0v) is 18.1. The number of ether oxygens (including phenoxy) is 1. The second-order valence-corrected chi connectivity index (χ2v) is 7.51. The Labute approximate surface area is 187 Å². The standard InChI is InChI=1S/C20H20N6O5S/c1-12-3-6-14(26(29)30)9-16(12)22-18(27)11-32-20-23-17(24-25-20)10-21-19(28)13-4-7-15(31-2)8-5-13/h3-9H,10-11H2,1-2H3,(H,21,28)(H,22,27)(H,23,24,25). The quantitative estimate of drug-likeness (QED) is 0.252. The Bertz CT molecular complexity index is 1130. The van der Waals surface area contributed by atoms with Crippen molar-refractivity contribution < 1.29 is 19.2 Å². The van der Waals surface area contributed by atoms with E-state index in [1.807, 2.05) is 0 Å². The van der Waals surface area contributed by atoms with Gasteiger partial charge in [-0.3, -0.25) is 24.8 Å². The number of hydrogen-bond donors (Lipinski definition) is 3. The molecule has 2 aromatic carbocycles. The number of nitrogens with one attached hydrogen (secondary N) is 3. The number of nitrogens with zero attached hydrogens (tertiary/aromatic N) is 3. The molecule has 0 fully saturated rings. The second-order valence-electron chi connectivity index (χ2n) is 6.57. The molecular formula is C20H20N6O5S. The Morgan fingerprint density at radius 1 is 1.22 bits per heavy atom. The van der Waals surface area contributed by atoms with E-state index in [1.54, 1.807) is 44.4 Å². The Hall–Kier alpha value is -3.93. The maximum Gasteiger partial charge on any atom is 0.271 e. The van der Waals surface area contributed by atoms with E-state index in [-0.39, 0.29) is 29.8 Å². The lowest BCUT2D eigenvalue weighted by Gasteiger charge is -2.07. The molecule has 0 aliphatic rings. The normalized spacial score (nSPS) is 10.4. The molecule has 0 bridgehead atoms. The van der Waals surface area contributed by atoms with Gasteiger partial charge < -0.3 is 15.4 Å². The number of thioether (sulfide) groups is 1. The third-order valence-electron chi connectivity index (χ3n) is 4.32. The number of aromatic nitrogens is 3. The van der Waals surface area contributed by atoms with Crippen molar-refractivity contribution in [2.45, 2.75) is 18.6 Å².